The minimum Gasteiger partial charge on any atom is -0.368 e. The first-order valence-electron chi connectivity index (χ1n) is 8.36. The van der Waals surface area contributed by atoms with Gasteiger partial charge in [-0.05, 0) is 12.5 Å². The third-order valence-electron chi connectivity index (χ3n) is 4.60. The summed E-state index contributed by atoms with van der Waals surface area (Å²) in [6.45, 7) is 2.98. The smallest absolute Gasteiger partial charge is 0.246 e. The highest BCUT2D eigenvalue weighted by Gasteiger charge is 2.38. The van der Waals surface area contributed by atoms with Gasteiger partial charge in [-0.2, -0.15) is 9.40 Å². The van der Waals surface area contributed by atoms with Crippen LogP contribution in [0.15, 0.2) is 41.4 Å². The van der Waals surface area contributed by atoms with Crippen LogP contribution >= 0.6 is 0 Å². The normalized spacial score (nSPS) is 19.5. The predicted octanol–water partition coefficient (Wildman–Crippen LogP) is 0.0889. The van der Waals surface area contributed by atoms with Gasteiger partial charge in [-0.3, -0.25) is 14.4 Å². The molecule has 9 heteroatoms. The van der Waals surface area contributed by atoms with Crippen LogP contribution in [-0.2, 0) is 28.4 Å². The highest BCUT2D eigenvalue weighted by molar-refractivity contribution is 7.89. The molecule has 3 rings (SSSR count). The summed E-state index contributed by atoms with van der Waals surface area (Å²) in [7, 11) is -2.04. The van der Waals surface area contributed by atoms with E-state index in [1.54, 1.807) is 14.0 Å². The molecule has 1 amide bonds. The van der Waals surface area contributed by atoms with Gasteiger partial charge in [0.2, 0.25) is 15.9 Å². The van der Waals surface area contributed by atoms with E-state index >= 15 is 0 Å². The molecule has 0 aliphatic carbocycles. The van der Waals surface area contributed by atoms with Crippen molar-refractivity contribution in [2.45, 2.75) is 24.4 Å². The van der Waals surface area contributed by atoms with Crippen LogP contribution in [0, 0.1) is 6.92 Å². The molecule has 26 heavy (non-hydrogen) atoms. The second-order valence-corrected chi connectivity index (χ2v) is 8.40. The lowest BCUT2D eigenvalue weighted by molar-refractivity contribution is -0.124. The van der Waals surface area contributed by atoms with E-state index in [2.05, 4.69) is 5.10 Å². The van der Waals surface area contributed by atoms with Gasteiger partial charge in [0, 0.05) is 39.4 Å². The van der Waals surface area contributed by atoms with Gasteiger partial charge in [0.1, 0.15) is 10.9 Å². The van der Waals surface area contributed by atoms with E-state index in [-0.39, 0.29) is 11.4 Å². The van der Waals surface area contributed by atoms with Crippen molar-refractivity contribution in [2.75, 3.05) is 19.6 Å². The van der Waals surface area contributed by atoms with E-state index < -0.39 is 22.0 Å². The van der Waals surface area contributed by atoms with Crippen LogP contribution in [0.4, 0.5) is 0 Å². The molecule has 1 unspecified atom stereocenters. The lowest BCUT2D eigenvalue weighted by atomic mass is 10.1. The topological polar surface area (TPSA) is 102 Å². The van der Waals surface area contributed by atoms with Gasteiger partial charge in [-0.1, -0.05) is 30.3 Å². The summed E-state index contributed by atoms with van der Waals surface area (Å²) in [5.41, 5.74) is 7.06. The molecule has 0 saturated carbocycles. The molecule has 1 aromatic heterocycles. The van der Waals surface area contributed by atoms with Gasteiger partial charge in [-0.15, -0.1) is 0 Å². The van der Waals surface area contributed by atoms with Gasteiger partial charge in [0.15, 0.2) is 0 Å². The zero-order chi connectivity index (χ0) is 18.9. The molecule has 1 aliphatic rings. The number of rotatable bonds is 5. The zero-order valence-corrected chi connectivity index (χ0v) is 15.7. The summed E-state index contributed by atoms with van der Waals surface area (Å²) in [6, 6.07) is 9.06. The van der Waals surface area contributed by atoms with Gasteiger partial charge in [0.05, 0.1) is 5.69 Å². The molecule has 0 bridgehead atoms. The van der Waals surface area contributed by atoms with Gasteiger partial charge in [0.25, 0.3) is 0 Å². The fourth-order valence-electron chi connectivity index (χ4n) is 3.26. The Bertz CT molecular complexity index is 894. The standard InChI is InChI=1S/C17H23N5O3S/c1-13-16(12-20(2)19-13)26(24,25)22-9-8-21(15(11-22)17(18)23)10-14-6-4-3-5-7-14/h3-7,12,15H,8-11H2,1-2H3,(H2,18,23). The molecular formula is C17H23N5O3S. The molecule has 2 heterocycles. The number of hydrogen-bond donors (Lipinski definition) is 1. The summed E-state index contributed by atoms with van der Waals surface area (Å²) < 4.78 is 28.7. The number of amides is 1. The number of nitrogens with zero attached hydrogens (tertiary/aromatic N) is 4. The molecule has 1 fully saturated rings. The molecule has 8 nitrogen and oxygen atoms in total. The number of sulfonamides is 1. The molecule has 1 atom stereocenters. The Labute approximate surface area is 153 Å². The lowest BCUT2D eigenvalue weighted by Crippen LogP contribution is -2.58. The highest BCUT2D eigenvalue weighted by atomic mass is 32.2. The fourth-order valence-corrected chi connectivity index (χ4v) is 4.90. The first-order valence-corrected chi connectivity index (χ1v) is 9.80. The number of aromatic nitrogens is 2. The third-order valence-corrected chi connectivity index (χ3v) is 6.57. The molecule has 2 aromatic rings. The van der Waals surface area contributed by atoms with Crippen molar-refractivity contribution in [1.82, 2.24) is 19.0 Å². The van der Waals surface area contributed by atoms with Crippen LogP contribution in [-0.4, -0.2) is 59.0 Å². The summed E-state index contributed by atoms with van der Waals surface area (Å²) in [5.74, 6) is -0.524. The maximum absolute atomic E-state index is 13.0. The molecule has 2 N–H and O–H groups in total. The maximum atomic E-state index is 13.0. The van der Waals surface area contributed by atoms with E-state index in [9.17, 15) is 13.2 Å². The van der Waals surface area contributed by atoms with Gasteiger partial charge in [-0.25, -0.2) is 8.42 Å². The second kappa shape index (κ2) is 7.18. The minimum absolute atomic E-state index is 0.0405. The Hall–Kier alpha value is -2.23. The minimum atomic E-state index is -3.72. The van der Waals surface area contributed by atoms with Crippen LogP contribution in [0.3, 0.4) is 0 Å². The summed E-state index contributed by atoms with van der Waals surface area (Å²) in [4.78, 5) is 14.1. The van der Waals surface area contributed by atoms with Crippen molar-refractivity contribution in [1.29, 1.82) is 0 Å². The van der Waals surface area contributed by atoms with E-state index in [0.29, 0.717) is 25.3 Å². The summed E-state index contributed by atoms with van der Waals surface area (Å²) >= 11 is 0. The largest absolute Gasteiger partial charge is 0.368 e. The van der Waals surface area contributed by atoms with Crippen LogP contribution in [0.25, 0.3) is 0 Å². The zero-order valence-electron chi connectivity index (χ0n) is 14.9. The average Bonchev–Trinajstić information content (AvgIpc) is 2.95. The molecule has 140 valence electrons. The Morgan fingerprint density at radius 2 is 1.96 bits per heavy atom. The monoisotopic (exact) mass is 377 g/mol. The van der Waals surface area contributed by atoms with E-state index in [1.165, 1.54) is 15.2 Å². The molecule has 1 saturated heterocycles. The molecular weight excluding hydrogens is 354 g/mol. The number of carbonyl (C=O) groups is 1. The number of primary amides is 1. The SMILES string of the molecule is Cc1nn(C)cc1S(=O)(=O)N1CCN(Cc2ccccc2)C(C(N)=O)C1. The van der Waals surface area contributed by atoms with Crippen LogP contribution in [0.2, 0.25) is 0 Å². The Balaban J connectivity index is 1.81. The number of benzene rings is 1. The third kappa shape index (κ3) is 3.64. The van der Waals surface area contributed by atoms with Crippen LogP contribution in [0.5, 0.6) is 0 Å². The number of aryl methyl sites for hydroxylation is 2. The van der Waals surface area contributed by atoms with E-state index in [1.807, 2.05) is 35.2 Å². The summed E-state index contributed by atoms with van der Waals surface area (Å²) in [5, 5.41) is 4.11. The molecule has 1 aromatic carbocycles. The van der Waals surface area contributed by atoms with E-state index in [0.717, 1.165) is 5.56 Å². The Morgan fingerprint density at radius 3 is 2.54 bits per heavy atom. The first kappa shape index (κ1) is 18.6. The maximum Gasteiger partial charge on any atom is 0.246 e. The van der Waals surface area contributed by atoms with Crippen LogP contribution < -0.4 is 5.73 Å². The molecule has 1 aliphatic heterocycles. The van der Waals surface area contributed by atoms with Gasteiger partial charge >= 0.3 is 0 Å². The molecule has 0 radical (unpaired) electrons. The highest BCUT2D eigenvalue weighted by Crippen LogP contribution is 2.23. The Morgan fingerprint density at radius 1 is 1.27 bits per heavy atom. The number of carbonyl (C=O) groups excluding carboxylic acids is 1. The lowest BCUT2D eigenvalue weighted by Gasteiger charge is -2.39. The van der Waals surface area contributed by atoms with E-state index in [4.69, 9.17) is 5.73 Å². The number of hydrogen-bond acceptors (Lipinski definition) is 5. The average molecular weight is 377 g/mol. The fraction of sp³-hybridized carbons (Fsp3) is 0.412. The second-order valence-electron chi connectivity index (χ2n) is 6.49. The van der Waals surface area contributed by atoms with Crippen molar-refractivity contribution in [3.05, 3.63) is 47.8 Å². The van der Waals surface area contributed by atoms with Crippen molar-refractivity contribution < 1.29 is 13.2 Å². The van der Waals surface area contributed by atoms with Crippen molar-refractivity contribution in [3.63, 3.8) is 0 Å². The van der Waals surface area contributed by atoms with Crippen molar-refractivity contribution in [2.24, 2.45) is 12.8 Å². The summed E-state index contributed by atoms with van der Waals surface area (Å²) in [6.07, 6.45) is 1.49. The van der Waals surface area contributed by atoms with Gasteiger partial charge < -0.3 is 5.73 Å². The Kier molecular flexibility index (Phi) is 5.12. The van der Waals surface area contributed by atoms with Crippen LogP contribution in [0.1, 0.15) is 11.3 Å². The van der Waals surface area contributed by atoms with Crippen molar-refractivity contribution in [3.8, 4) is 0 Å². The van der Waals surface area contributed by atoms with Crippen molar-refractivity contribution >= 4 is 15.9 Å². The number of piperazine rings is 1. The predicted molar refractivity (Wildman–Crippen MR) is 96.5 cm³/mol. The molecule has 0 spiro atoms. The number of nitrogens with two attached hydrogens (primary N) is 1. The first-order chi connectivity index (χ1) is 12.3. The quantitative estimate of drug-likeness (QED) is 0.796.